The zero-order chi connectivity index (χ0) is 15.6. The van der Waals surface area contributed by atoms with Crippen molar-refractivity contribution >= 4 is 17.4 Å². The molecule has 1 aliphatic carbocycles. The van der Waals surface area contributed by atoms with Crippen molar-refractivity contribution in [2.24, 2.45) is 5.92 Å². The summed E-state index contributed by atoms with van der Waals surface area (Å²) in [7, 11) is 2.14. The minimum atomic E-state index is -0.0830. The SMILES string of the molecule is CCC1CCC(N(C)c2cc(Cl)nc(C(C)(C)C)n2)CC1. The molecule has 118 valence electrons. The van der Waals surface area contributed by atoms with Gasteiger partial charge in [-0.3, -0.25) is 0 Å². The van der Waals surface area contributed by atoms with Crippen LogP contribution in [-0.2, 0) is 5.41 Å². The second kappa shape index (κ2) is 6.51. The van der Waals surface area contributed by atoms with Gasteiger partial charge in [0.15, 0.2) is 0 Å². The molecule has 0 saturated heterocycles. The van der Waals surface area contributed by atoms with Gasteiger partial charge in [-0.1, -0.05) is 45.7 Å². The smallest absolute Gasteiger partial charge is 0.137 e. The van der Waals surface area contributed by atoms with Gasteiger partial charge in [-0.25, -0.2) is 9.97 Å². The van der Waals surface area contributed by atoms with E-state index in [1.165, 1.54) is 32.1 Å². The number of hydrogen-bond donors (Lipinski definition) is 0. The molecule has 3 nitrogen and oxygen atoms in total. The van der Waals surface area contributed by atoms with Gasteiger partial charge in [0.25, 0.3) is 0 Å². The Balaban J connectivity index is 2.16. The van der Waals surface area contributed by atoms with E-state index >= 15 is 0 Å². The lowest BCUT2D eigenvalue weighted by Gasteiger charge is -2.35. The molecule has 0 atom stereocenters. The molecule has 0 N–H and O–H groups in total. The van der Waals surface area contributed by atoms with Crippen LogP contribution in [0.4, 0.5) is 5.82 Å². The lowest BCUT2D eigenvalue weighted by Crippen LogP contribution is -2.36. The molecule has 1 aliphatic rings. The first-order chi connectivity index (χ1) is 9.81. The van der Waals surface area contributed by atoms with E-state index in [-0.39, 0.29) is 5.41 Å². The highest BCUT2D eigenvalue weighted by molar-refractivity contribution is 6.29. The van der Waals surface area contributed by atoms with Crippen LogP contribution in [0.2, 0.25) is 5.15 Å². The van der Waals surface area contributed by atoms with Crippen LogP contribution in [0.25, 0.3) is 0 Å². The predicted octanol–water partition coefficient (Wildman–Crippen LogP) is 4.83. The Kier molecular flexibility index (Phi) is 5.13. The molecule has 21 heavy (non-hydrogen) atoms. The highest BCUT2D eigenvalue weighted by Gasteiger charge is 2.25. The van der Waals surface area contributed by atoms with Crippen LogP contribution in [0.15, 0.2) is 6.07 Å². The minimum Gasteiger partial charge on any atom is -0.357 e. The molecular formula is C17H28ClN3. The Morgan fingerprint density at radius 3 is 2.33 bits per heavy atom. The zero-order valence-corrected chi connectivity index (χ0v) is 14.7. The normalized spacial score (nSPS) is 23.1. The summed E-state index contributed by atoms with van der Waals surface area (Å²) >= 11 is 6.21. The summed E-state index contributed by atoms with van der Waals surface area (Å²) < 4.78 is 0. The molecule has 4 heteroatoms. The van der Waals surface area contributed by atoms with Crippen LogP contribution < -0.4 is 4.90 Å². The Morgan fingerprint density at radius 1 is 1.19 bits per heavy atom. The first-order valence-corrected chi connectivity index (χ1v) is 8.47. The largest absolute Gasteiger partial charge is 0.357 e. The van der Waals surface area contributed by atoms with Gasteiger partial charge >= 0.3 is 0 Å². The maximum Gasteiger partial charge on any atom is 0.137 e. The monoisotopic (exact) mass is 309 g/mol. The van der Waals surface area contributed by atoms with Crippen molar-refractivity contribution in [2.45, 2.75) is 71.3 Å². The van der Waals surface area contributed by atoms with E-state index in [1.54, 1.807) is 0 Å². The Hall–Kier alpha value is -0.830. The minimum absolute atomic E-state index is 0.0830. The fourth-order valence-electron chi connectivity index (χ4n) is 3.05. The maximum absolute atomic E-state index is 6.21. The maximum atomic E-state index is 6.21. The molecule has 0 bridgehead atoms. The third-order valence-electron chi connectivity index (χ3n) is 4.65. The van der Waals surface area contributed by atoms with E-state index in [0.29, 0.717) is 11.2 Å². The van der Waals surface area contributed by atoms with Gasteiger partial charge in [-0.2, -0.15) is 0 Å². The van der Waals surface area contributed by atoms with Crippen LogP contribution in [0, 0.1) is 5.92 Å². The van der Waals surface area contributed by atoms with Gasteiger partial charge in [0.2, 0.25) is 0 Å². The van der Waals surface area contributed by atoms with Gasteiger partial charge < -0.3 is 4.90 Å². The van der Waals surface area contributed by atoms with Crippen molar-refractivity contribution in [1.29, 1.82) is 0 Å². The molecule has 1 aromatic rings. The molecule has 1 saturated carbocycles. The second-order valence-electron chi connectivity index (χ2n) is 7.32. The van der Waals surface area contributed by atoms with Crippen LogP contribution in [0.1, 0.15) is 65.6 Å². The molecule has 1 aromatic heterocycles. The number of nitrogens with zero attached hydrogens (tertiary/aromatic N) is 3. The molecule has 2 rings (SSSR count). The van der Waals surface area contributed by atoms with Crippen LogP contribution in [0.3, 0.4) is 0 Å². The molecule has 1 heterocycles. The number of aromatic nitrogens is 2. The fraction of sp³-hybridized carbons (Fsp3) is 0.765. The van der Waals surface area contributed by atoms with E-state index in [2.05, 4.69) is 44.6 Å². The number of anilines is 1. The van der Waals surface area contributed by atoms with Crippen molar-refractivity contribution in [2.75, 3.05) is 11.9 Å². The molecule has 0 aromatic carbocycles. The van der Waals surface area contributed by atoms with Crippen LogP contribution in [0.5, 0.6) is 0 Å². The van der Waals surface area contributed by atoms with Crippen molar-refractivity contribution in [3.63, 3.8) is 0 Å². The standard InChI is InChI=1S/C17H28ClN3/c1-6-12-7-9-13(10-8-12)21(5)15-11-14(18)19-16(20-15)17(2,3)4/h11-13H,6-10H2,1-5H3. The average molecular weight is 310 g/mol. The van der Waals surface area contributed by atoms with Gasteiger partial charge in [0.1, 0.15) is 16.8 Å². The highest BCUT2D eigenvalue weighted by atomic mass is 35.5. The van der Waals surface area contributed by atoms with E-state index < -0.39 is 0 Å². The van der Waals surface area contributed by atoms with Gasteiger partial charge in [0, 0.05) is 24.6 Å². The zero-order valence-electron chi connectivity index (χ0n) is 14.0. The first kappa shape index (κ1) is 16.5. The summed E-state index contributed by atoms with van der Waals surface area (Å²) in [5, 5.41) is 0.541. The Bertz CT molecular complexity index is 473. The summed E-state index contributed by atoms with van der Waals surface area (Å²) in [4.78, 5) is 11.4. The van der Waals surface area contributed by atoms with Crippen molar-refractivity contribution in [3.05, 3.63) is 17.0 Å². The molecule has 0 unspecified atom stereocenters. The molecule has 0 radical (unpaired) electrons. The number of hydrogen-bond acceptors (Lipinski definition) is 3. The lowest BCUT2D eigenvalue weighted by atomic mass is 9.84. The molecule has 0 aliphatic heterocycles. The van der Waals surface area contributed by atoms with E-state index in [0.717, 1.165) is 17.6 Å². The molecule has 1 fully saturated rings. The van der Waals surface area contributed by atoms with Gasteiger partial charge in [-0.05, 0) is 31.6 Å². The highest BCUT2D eigenvalue weighted by Crippen LogP contribution is 2.32. The van der Waals surface area contributed by atoms with Gasteiger partial charge in [-0.15, -0.1) is 0 Å². The van der Waals surface area contributed by atoms with Gasteiger partial charge in [0.05, 0.1) is 0 Å². The molecule has 0 spiro atoms. The quantitative estimate of drug-likeness (QED) is 0.749. The summed E-state index contributed by atoms with van der Waals surface area (Å²) in [5.74, 6) is 2.69. The third kappa shape index (κ3) is 4.09. The van der Waals surface area contributed by atoms with Crippen LogP contribution >= 0.6 is 11.6 Å². The third-order valence-corrected chi connectivity index (χ3v) is 4.85. The summed E-state index contributed by atoms with van der Waals surface area (Å²) in [5.41, 5.74) is -0.0830. The van der Waals surface area contributed by atoms with E-state index in [9.17, 15) is 0 Å². The molecule has 0 amide bonds. The Labute approximate surface area is 134 Å². The molecular weight excluding hydrogens is 282 g/mol. The summed E-state index contributed by atoms with van der Waals surface area (Å²) in [6.07, 6.45) is 6.47. The average Bonchev–Trinajstić information content (AvgIpc) is 2.45. The second-order valence-corrected chi connectivity index (χ2v) is 7.70. The van der Waals surface area contributed by atoms with Crippen molar-refractivity contribution in [3.8, 4) is 0 Å². The topological polar surface area (TPSA) is 29.0 Å². The van der Waals surface area contributed by atoms with E-state index in [4.69, 9.17) is 16.6 Å². The lowest BCUT2D eigenvalue weighted by molar-refractivity contribution is 0.312. The number of halogens is 1. The first-order valence-electron chi connectivity index (χ1n) is 8.09. The summed E-state index contributed by atoms with van der Waals surface area (Å²) in [6, 6.07) is 2.47. The van der Waals surface area contributed by atoms with Crippen molar-refractivity contribution < 1.29 is 0 Å². The Morgan fingerprint density at radius 2 is 1.81 bits per heavy atom. The summed E-state index contributed by atoms with van der Waals surface area (Å²) in [6.45, 7) is 8.66. The van der Waals surface area contributed by atoms with E-state index in [1.807, 2.05) is 6.07 Å². The van der Waals surface area contributed by atoms with Crippen LogP contribution in [-0.4, -0.2) is 23.1 Å². The predicted molar refractivity (Wildman–Crippen MR) is 90.2 cm³/mol. The van der Waals surface area contributed by atoms with Crippen molar-refractivity contribution in [1.82, 2.24) is 9.97 Å². The fourth-order valence-corrected chi connectivity index (χ4v) is 3.23. The number of rotatable bonds is 3.